The molecule has 2 rings (SSSR count). The minimum Gasteiger partial charge on any atom is -0.444 e. The van der Waals surface area contributed by atoms with Crippen LogP contribution in [0.4, 0.5) is 0 Å². The summed E-state index contributed by atoms with van der Waals surface area (Å²) in [4.78, 5) is 4.25. The summed E-state index contributed by atoms with van der Waals surface area (Å²) in [6.07, 6.45) is 1.57. The lowest BCUT2D eigenvalue weighted by Gasteiger charge is -2.02. The topological polar surface area (TPSA) is 52.0 Å². The Morgan fingerprint density at radius 1 is 1.33 bits per heavy atom. The van der Waals surface area contributed by atoms with Gasteiger partial charge in [-0.05, 0) is 11.6 Å². The maximum absolute atomic E-state index is 5.65. The molecule has 0 spiro atoms. The predicted molar refractivity (Wildman–Crippen MR) is 59.4 cm³/mol. The summed E-state index contributed by atoms with van der Waals surface area (Å²) in [5.41, 5.74) is 8.31. The Kier molecular flexibility index (Phi) is 3.04. The van der Waals surface area contributed by atoms with E-state index in [1.165, 1.54) is 0 Å². The zero-order valence-electron chi connectivity index (χ0n) is 8.11. The summed E-state index contributed by atoms with van der Waals surface area (Å²) >= 11 is 5.65. The normalized spacial score (nSPS) is 10.5. The van der Waals surface area contributed by atoms with Crippen LogP contribution in [0.3, 0.4) is 0 Å². The highest BCUT2D eigenvalue weighted by Gasteiger charge is 2.09. The molecule has 0 fully saturated rings. The number of nitrogens with zero attached hydrogens (tertiary/aromatic N) is 1. The van der Waals surface area contributed by atoms with Crippen LogP contribution in [0.5, 0.6) is 0 Å². The fraction of sp³-hybridized carbons (Fsp3) is 0.182. The molecule has 78 valence electrons. The number of benzene rings is 1. The van der Waals surface area contributed by atoms with Gasteiger partial charge in [0.25, 0.3) is 0 Å². The van der Waals surface area contributed by atoms with Gasteiger partial charge < -0.3 is 10.2 Å². The Hall–Kier alpha value is -1.32. The molecular formula is C11H11ClN2O. The third-order valence-electron chi connectivity index (χ3n) is 2.16. The molecule has 3 nitrogen and oxygen atoms in total. The van der Waals surface area contributed by atoms with Gasteiger partial charge in [0.2, 0.25) is 5.89 Å². The number of rotatable bonds is 3. The maximum Gasteiger partial charge on any atom is 0.226 e. The third-order valence-corrected chi connectivity index (χ3v) is 2.43. The minimum atomic E-state index is 0.355. The van der Waals surface area contributed by atoms with Gasteiger partial charge in [-0.3, -0.25) is 0 Å². The number of aromatic nitrogens is 1. The molecule has 0 aliphatic carbocycles. The molecular weight excluding hydrogens is 212 g/mol. The molecule has 2 N–H and O–H groups in total. The highest BCUT2D eigenvalue weighted by Crippen LogP contribution is 2.22. The van der Waals surface area contributed by atoms with Crippen molar-refractivity contribution in [2.24, 2.45) is 5.73 Å². The van der Waals surface area contributed by atoms with Crippen LogP contribution in [-0.2, 0) is 12.4 Å². The number of nitrogens with two attached hydrogens (primary N) is 1. The molecule has 0 aliphatic heterocycles. The van der Waals surface area contributed by atoms with Gasteiger partial charge in [0.1, 0.15) is 6.26 Å². The van der Waals surface area contributed by atoms with Gasteiger partial charge in [0.15, 0.2) is 0 Å². The summed E-state index contributed by atoms with van der Waals surface area (Å²) in [5.74, 6) is 0.931. The van der Waals surface area contributed by atoms with Crippen molar-refractivity contribution < 1.29 is 4.42 Å². The molecule has 0 saturated heterocycles. The molecule has 0 saturated carbocycles. The Morgan fingerprint density at radius 3 is 2.80 bits per heavy atom. The van der Waals surface area contributed by atoms with Crippen molar-refractivity contribution in [2.45, 2.75) is 12.4 Å². The average Bonchev–Trinajstić information content (AvgIpc) is 2.77. The number of hydrogen-bond donors (Lipinski definition) is 1. The molecule has 0 atom stereocenters. The molecule has 0 bridgehead atoms. The smallest absolute Gasteiger partial charge is 0.226 e. The molecule has 1 aromatic heterocycles. The van der Waals surface area contributed by atoms with Crippen LogP contribution < -0.4 is 5.73 Å². The first-order valence-corrected chi connectivity index (χ1v) is 5.17. The van der Waals surface area contributed by atoms with E-state index in [-0.39, 0.29) is 0 Å². The van der Waals surface area contributed by atoms with Crippen LogP contribution in [0.15, 0.2) is 34.9 Å². The van der Waals surface area contributed by atoms with Crippen molar-refractivity contribution >= 4 is 11.6 Å². The van der Waals surface area contributed by atoms with E-state index in [0.717, 1.165) is 16.8 Å². The van der Waals surface area contributed by atoms with Crippen molar-refractivity contribution in [3.8, 4) is 11.5 Å². The van der Waals surface area contributed by atoms with Gasteiger partial charge >= 0.3 is 0 Å². The SMILES string of the molecule is NCc1ccccc1-c1nc(CCl)co1. The molecule has 1 heterocycles. The van der Waals surface area contributed by atoms with Crippen molar-refractivity contribution in [3.05, 3.63) is 41.8 Å². The van der Waals surface area contributed by atoms with E-state index in [9.17, 15) is 0 Å². The van der Waals surface area contributed by atoms with Crippen LogP contribution in [0.2, 0.25) is 0 Å². The number of alkyl halides is 1. The Morgan fingerprint density at radius 2 is 2.13 bits per heavy atom. The molecule has 0 unspecified atom stereocenters. The van der Waals surface area contributed by atoms with E-state index < -0.39 is 0 Å². The minimum absolute atomic E-state index is 0.355. The van der Waals surface area contributed by atoms with Gasteiger partial charge in [-0.15, -0.1) is 11.6 Å². The number of halogens is 1. The molecule has 1 aromatic carbocycles. The molecule has 15 heavy (non-hydrogen) atoms. The van der Waals surface area contributed by atoms with E-state index in [2.05, 4.69) is 4.98 Å². The monoisotopic (exact) mass is 222 g/mol. The van der Waals surface area contributed by atoms with Gasteiger partial charge in [-0.2, -0.15) is 0 Å². The lowest BCUT2D eigenvalue weighted by atomic mass is 10.1. The number of hydrogen-bond acceptors (Lipinski definition) is 3. The second-order valence-electron chi connectivity index (χ2n) is 3.14. The lowest BCUT2D eigenvalue weighted by Crippen LogP contribution is -1.98. The third kappa shape index (κ3) is 2.03. The zero-order valence-corrected chi connectivity index (χ0v) is 8.87. The largest absolute Gasteiger partial charge is 0.444 e. The zero-order chi connectivity index (χ0) is 10.7. The molecule has 2 aromatic rings. The van der Waals surface area contributed by atoms with E-state index in [0.29, 0.717) is 18.3 Å². The second-order valence-corrected chi connectivity index (χ2v) is 3.41. The van der Waals surface area contributed by atoms with E-state index in [4.69, 9.17) is 21.8 Å². The van der Waals surface area contributed by atoms with Crippen molar-refractivity contribution in [1.82, 2.24) is 4.98 Å². The Bertz CT molecular complexity index is 453. The van der Waals surface area contributed by atoms with Crippen molar-refractivity contribution in [1.29, 1.82) is 0 Å². The van der Waals surface area contributed by atoms with Crippen molar-refractivity contribution in [2.75, 3.05) is 0 Å². The lowest BCUT2D eigenvalue weighted by molar-refractivity contribution is 0.572. The van der Waals surface area contributed by atoms with Crippen LogP contribution in [0, 0.1) is 0 Å². The summed E-state index contributed by atoms with van der Waals surface area (Å²) in [5, 5.41) is 0. The quantitative estimate of drug-likeness (QED) is 0.812. The molecule has 0 amide bonds. The summed E-state index contributed by atoms with van der Waals surface area (Å²) in [7, 11) is 0. The van der Waals surface area contributed by atoms with E-state index >= 15 is 0 Å². The Balaban J connectivity index is 2.44. The van der Waals surface area contributed by atoms with Crippen LogP contribution >= 0.6 is 11.6 Å². The van der Waals surface area contributed by atoms with Crippen molar-refractivity contribution in [3.63, 3.8) is 0 Å². The fourth-order valence-corrected chi connectivity index (χ4v) is 1.52. The first-order chi connectivity index (χ1) is 7.35. The first-order valence-electron chi connectivity index (χ1n) is 4.64. The summed E-state index contributed by atoms with van der Waals surface area (Å²) in [6.45, 7) is 0.467. The molecule has 0 aliphatic rings. The number of oxazole rings is 1. The second kappa shape index (κ2) is 4.47. The maximum atomic E-state index is 5.65. The van der Waals surface area contributed by atoms with Gasteiger partial charge in [-0.1, -0.05) is 18.2 Å². The Labute approximate surface area is 92.9 Å². The molecule has 4 heteroatoms. The van der Waals surface area contributed by atoms with Crippen LogP contribution in [-0.4, -0.2) is 4.98 Å². The van der Waals surface area contributed by atoms with Gasteiger partial charge in [-0.25, -0.2) is 4.98 Å². The van der Waals surface area contributed by atoms with E-state index in [1.54, 1.807) is 6.26 Å². The predicted octanol–water partition coefficient (Wildman–Crippen LogP) is 2.54. The summed E-state index contributed by atoms with van der Waals surface area (Å²) in [6, 6.07) is 7.77. The highest BCUT2D eigenvalue weighted by molar-refractivity contribution is 6.16. The summed E-state index contributed by atoms with van der Waals surface area (Å²) < 4.78 is 5.33. The van der Waals surface area contributed by atoms with Crippen LogP contribution in [0.25, 0.3) is 11.5 Å². The molecule has 0 radical (unpaired) electrons. The van der Waals surface area contributed by atoms with Gasteiger partial charge in [0, 0.05) is 12.1 Å². The van der Waals surface area contributed by atoms with Gasteiger partial charge in [0.05, 0.1) is 11.6 Å². The highest BCUT2D eigenvalue weighted by atomic mass is 35.5. The van der Waals surface area contributed by atoms with E-state index in [1.807, 2.05) is 24.3 Å². The standard InChI is InChI=1S/C11H11ClN2O/c12-5-9-7-15-11(14-9)10-4-2-1-3-8(10)6-13/h1-4,7H,5-6,13H2. The fourth-order valence-electron chi connectivity index (χ4n) is 1.40. The average molecular weight is 223 g/mol. The first kappa shape index (κ1) is 10.2. The van der Waals surface area contributed by atoms with Crippen LogP contribution in [0.1, 0.15) is 11.3 Å².